The number of Topliss-reactive ketones (excluding diaryl/α,β-unsaturated/α-hetero) is 1. The molecule has 0 bridgehead atoms. The number of nitrogens with one attached hydrogen (secondary N) is 2. The van der Waals surface area contributed by atoms with Crippen LogP contribution in [0.1, 0.15) is 39.2 Å². The van der Waals surface area contributed by atoms with E-state index in [1.165, 1.54) is 24.4 Å². The third kappa shape index (κ3) is 4.41. The smallest absolute Gasteiger partial charge is 0.265 e. The molecule has 180 valence electrons. The number of aromatic nitrogens is 3. The molecule has 3 aromatic rings. The summed E-state index contributed by atoms with van der Waals surface area (Å²) in [5.74, 6) is -4.11. The third-order valence-electron chi connectivity index (χ3n) is 5.68. The average Bonchev–Trinajstić information content (AvgIpc) is 3.26. The highest BCUT2D eigenvalue weighted by Gasteiger charge is 2.35. The van der Waals surface area contributed by atoms with Crippen molar-refractivity contribution < 1.29 is 18.8 Å². The number of allylic oxidation sites excluding steroid dienone is 4. The Labute approximate surface area is 206 Å². The molecule has 0 fully saturated rings. The summed E-state index contributed by atoms with van der Waals surface area (Å²) in [4.78, 5) is 48.4. The summed E-state index contributed by atoms with van der Waals surface area (Å²) in [6, 6.07) is 8.35. The number of benzene rings is 1. The van der Waals surface area contributed by atoms with Gasteiger partial charge in [-0.05, 0) is 42.8 Å². The predicted molar refractivity (Wildman–Crippen MR) is 135 cm³/mol. The van der Waals surface area contributed by atoms with E-state index < -0.39 is 23.4 Å². The van der Waals surface area contributed by atoms with Crippen molar-refractivity contribution in [3.63, 3.8) is 0 Å². The Morgan fingerprint density at radius 3 is 2.53 bits per heavy atom. The van der Waals surface area contributed by atoms with Crippen molar-refractivity contribution in [2.24, 2.45) is 5.73 Å². The minimum atomic E-state index is -1.14. The van der Waals surface area contributed by atoms with Gasteiger partial charge in [-0.1, -0.05) is 37.4 Å². The molecule has 2 aromatic heterocycles. The molecule has 4 N–H and O–H groups in total. The molecule has 1 unspecified atom stereocenters. The van der Waals surface area contributed by atoms with Crippen LogP contribution in [0.25, 0.3) is 22.8 Å². The maximum absolute atomic E-state index is 15.4. The first-order chi connectivity index (χ1) is 17.2. The standard InChI is InChI=1S/C27H22FN5O3/c1-4-19-21(15-6-8-16(9-7-15)32-20(34)5-2)22(24(33-19)26(29)36)17-10-11-18(23(28)25(17)35)27-30-13-12-14(3)31-27/h4-13,17,33H,1-2H2,3H3,(H2,29,36)(H,32,34). The molecule has 0 spiro atoms. The van der Waals surface area contributed by atoms with Crippen molar-refractivity contribution in [1.82, 2.24) is 15.0 Å². The van der Waals surface area contributed by atoms with Crippen LogP contribution in [-0.4, -0.2) is 32.5 Å². The van der Waals surface area contributed by atoms with Gasteiger partial charge in [0, 0.05) is 34.4 Å². The van der Waals surface area contributed by atoms with Crippen LogP contribution in [0.3, 0.4) is 0 Å². The number of hydrogen-bond donors (Lipinski definition) is 3. The van der Waals surface area contributed by atoms with E-state index in [1.54, 1.807) is 37.3 Å². The van der Waals surface area contributed by atoms with Gasteiger partial charge in [0.05, 0.1) is 11.5 Å². The molecule has 2 heterocycles. The van der Waals surface area contributed by atoms with Crippen LogP contribution in [0, 0.1) is 6.92 Å². The number of halogens is 1. The fraction of sp³-hybridized carbons (Fsp3) is 0.0741. The summed E-state index contributed by atoms with van der Waals surface area (Å²) in [6.45, 7) is 8.93. The van der Waals surface area contributed by atoms with Gasteiger partial charge >= 0.3 is 0 Å². The van der Waals surface area contributed by atoms with Crippen LogP contribution < -0.4 is 11.1 Å². The normalized spacial score (nSPS) is 15.1. The topological polar surface area (TPSA) is 131 Å². The molecule has 1 atom stereocenters. The lowest BCUT2D eigenvalue weighted by Gasteiger charge is -2.19. The lowest BCUT2D eigenvalue weighted by molar-refractivity contribution is -0.117. The molecule has 1 aliphatic rings. The Morgan fingerprint density at radius 1 is 1.19 bits per heavy atom. The molecule has 0 radical (unpaired) electrons. The second kappa shape index (κ2) is 9.75. The number of amides is 2. The van der Waals surface area contributed by atoms with Crippen molar-refractivity contribution >= 4 is 34.9 Å². The van der Waals surface area contributed by atoms with Crippen LogP contribution in [0.15, 0.2) is 73.7 Å². The summed E-state index contributed by atoms with van der Waals surface area (Å²) in [7, 11) is 0. The van der Waals surface area contributed by atoms with Crippen molar-refractivity contribution in [2.45, 2.75) is 12.8 Å². The molecule has 0 aliphatic heterocycles. The number of carbonyl (C=O) groups is 3. The number of carbonyl (C=O) groups excluding carboxylic acids is 3. The first kappa shape index (κ1) is 24.2. The molecular formula is C27H22FN5O3. The van der Waals surface area contributed by atoms with Crippen LogP contribution in [-0.2, 0) is 9.59 Å². The number of hydrogen-bond acceptors (Lipinski definition) is 5. The van der Waals surface area contributed by atoms with Crippen LogP contribution in [0.4, 0.5) is 10.1 Å². The first-order valence-electron chi connectivity index (χ1n) is 10.9. The minimum absolute atomic E-state index is 0.0324. The lowest BCUT2D eigenvalue weighted by Crippen LogP contribution is -2.21. The summed E-state index contributed by atoms with van der Waals surface area (Å²) < 4.78 is 15.4. The van der Waals surface area contributed by atoms with Crippen molar-refractivity contribution in [1.29, 1.82) is 0 Å². The first-order valence-corrected chi connectivity index (χ1v) is 10.9. The van der Waals surface area contributed by atoms with E-state index >= 15 is 4.39 Å². The quantitative estimate of drug-likeness (QED) is 0.433. The van der Waals surface area contributed by atoms with Crippen LogP contribution in [0.5, 0.6) is 0 Å². The molecule has 1 aromatic carbocycles. The molecule has 8 nitrogen and oxygen atoms in total. The Bertz CT molecular complexity index is 1480. The third-order valence-corrected chi connectivity index (χ3v) is 5.68. The summed E-state index contributed by atoms with van der Waals surface area (Å²) >= 11 is 0. The van der Waals surface area contributed by atoms with Crippen molar-refractivity contribution in [3.8, 4) is 11.1 Å². The second-order valence-corrected chi connectivity index (χ2v) is 7.99. The highest BCUT2D eigenvalue weighted by atomic mass is 19.1. The number of primary amides is 1. The number of nitrogens with two attached hydrogens (primary N) is 1. The fourth-order valence-electron chi connectivity index (χ4n) is 4.02. The van der Waals surface area contributed by atoms with E-state index in [2.05, 4.69) is 33.4 Å². The Hall–Kier alpha value is -4.92. The Kier molecular flexibility index (Phi) is 6.56. The van der Waals surface area contributed by atoms with Gasteiger partial charge < -0.3 is 16.0 Å². The number of H-pyrrole nitrogens is 1. The van der Waals surface area contributed by atoms with E-state index in [9.17, 15) is 14.4 Å². The van der Waals surface area contributed by atoms with Gasteiger partial charge in [0.1, 0.15) is 5.69 Å². The minimum Gasteiger partial charge on any atom is -0.364 e. The van der Waals surface area contributed by atoms with Gasteiger partial charge in [-0.15, -0.1) is 0 Å². The zero-order valence-corrected chi connectivity index (χ0v) is 19.3. The Balaban J connectivity index is 1.83. The zero-order chi connectivity index (χ0) is 26.0. The molecular weight excluding hydrogens is 461 g/mol. The van der Waals surface area contributed by atoms with E-state index in [0.717, 1.165) is 6.08 Å². The average molecular weight is 484 g/mol. The number of aryl methyl sites for hydroxylation is 1. The van der Waals surface area contributed by atoms with Gasteiger partial charge in [-0.25, -0.2) is 14.4 Å². The number of anilines is 1. The monoisotopic (exact) mass is 483 g/mol. The summed E-state index contributed by atoms with van der Waals surface area (Å²) in [5.41, 5.74) is 8.40. The van der Waals surface area contributed by atoms with Crippen LogP contribution in [0.2, 0.25) is 0 Å². The van der Waals surface area contributed by atoms with Gasteiger partial charge in [-0.3, -0.25) is 14.4 Å². The maximum Gasteiger partial charge on any atom is 0.265 e. The summed E-state index contributed by atoms with van der Waals surface area (Å²) in [6.07, 6.45) is 7.03. The van der Waals surface area contributed by atoms with Gasteiger partial charge in [0.25, 0.3) is 5.91 Å². The molecule has 2 amide bonds. The highest BCUT2D eigenvalue weighted by Crippen LogP contribution is 2.41. The SMILES string of the molecule is C=CC(=O)Nc1ccc(-c2c(C=C)[nH]c(C(N)=O)c2C2C=CC(c3nccc(C)n3)=C(F)C2=O)cc1. The molecule has 0 saturated heterocycles. The van der Waals surface area contributed by atoms with Gasteiger partial charge in [-0.2, -0.15) is 0 Å². The lowest BCUT2D eigenvalue weighted by atomic mass is 9.83. The maximum atomic E-state index is 15.4. The van der Waals surface area contributed by atoms with E-state index in [0.29, 0.717) is 28.2 Å². The highest BCUT2D eigenvalue weighted by molar-refractivity contribution is 6.11. The Morgan fingerprint density at radius 2 is 1.92 bits per heavy atom. The van der Waals surface area contributed by atoms with E-state index in [1.807, 2.05) is 0 Å². The van der Waals surface area contributed by atoms with Crippen molar-refractivity contribution in [2.75, 3.05) is 5.32 Å². The second-order valence-electron chi connectivity index (χ2n) is 7.99. The van der Waals surface area contributed by atoms with Gasteiger partial charge in [0.15, 0.2) is 11.7 Å². The molecule has 9 heteroatoms. The molecule has 1 aliphatic carbocycles. The zero-order valence-electron chi connectivity index (χ0n) is 19.3. The number of nitrogens with zero attached hydrogens (tertiary/aromatic N) is 2. The number of ketones is 1. The predicted octanol–water partition coefficient (Wildman–Crippen LogP) is 4.25. The van der Waals surface area contributed by atoms with E-state index in [-0.39, 0.29) is 28.6 Å². The largest absolute Gasteiger partial charge is 0.364 e. The molecule has 4 rings (SSSR count). The van der Waals surface area contributed by atoms with Gasteiger partial charge in [0.2, 0.25) is 11.7 Å². The van der Waals surface area contributed by atoms with E-state index in [4.69, 9.17) is 5.73 Å². The van der Waals surface area contributed by atoms with Crippen LogP contribution >= 0.6 is 0 Å². The molecule has 36 heavy (non-hydrogen) atoms. The number of aromatic amines is 1. The fourth-order valence-corrected chi connectivity index (χ4v) is 4.02. The van der Waals surface area contributed by atoms with Crippen molar-refractivity contribution in [3.05, 3.63) is 102 Å². The number of rotatable bonds is 7. The summed E-state index contributed by atoms with van der Waals surface area (Å²) in [5, 5.41) is 2.65. The molecule has 0 saturated carbocycles.